The highest BCUT2D eigenvalue weighted by atomic mass is 79.9. The fourth-order valence-electron chi connectivity index (χ4n) is 2.88. The lowest BCUT2D eigenvalue weighted by molar-refractivity contribution is -0.118. The Bertz CT molecular complexity index is 699. The lowest BCUT2D eigenvalue weighted by Crippen LogP contribution is -2.36. The minimum absolute atomic E-state index is 0.136. The first-order valence-electron chi connectivity index (χ1n) is 7.39. The Morgan fingerprint density at radius 1 is 1.27 bits per heavy atom. The van der Waals surface area contributed by atoms with Crippen LogP contribution in [0.4, 0.5) is 5.69 Å². The van der Waals surface area contributed by atoms with Crippen LogP contribution in [-0.4, -0.2) is 19.6 Å². The van der Waals surface area contributed by atoms with Crippen molar-refractivity contribution in [1.82, 2.24) is 0 Å². The van der Waals surface area contributed by atoms with Crippen LogP contribution in [0.2, 0.25) is 0 Å². The highest BCUT2D eigenvalue weighted by Gasteiger charge is 2.22. The molecule has 0 saturated heterocycles. The molecule has 3 rings (SSSR count). The predicted octanol–water partition coefficient (Wildman–Crippen LogP) is 3.98. The van der Waals surface area contributed by atoms with Crippen molar-refractivity contribution in [3.63, 3.8) is 0 Å². The summed E-state index contributed by atoms with van der Waals surface area (Å²) in [6.07, 6.45) is 2.43. The number of halogens is 1. The molecule has 0 aromatic heterocycles. The SMILES string of the molecule is COc1cccc(CC(=O)N2CCCc3cc(Br)ccc32)c1. The van der Waals surface area contributed by atoms with Gasteiger partial charge in [-0.25, -0.2) is 0 Å². The third-order valence-corrected chi connectivity index (χ3v) is 4.44. The first-order valence-corrected chi connectivity index (χ1v) is 8.18. The summed E-state index contributed by atoms with van der Waals surface area (Å²) >= 11 is 3.50. The second-order valence-electron chi connectivity index (χ2n) is 5.45. The summed E-state index contributed by atoms with van der Waals surface area (Å²) in [6, 6.07) is 13.8. The molecule has 0 radical (unpaired) electrons. The number of rotatable bonds is 3. The molecule has 0 bridgehead atoms. The minimum atomic E-state index is 0.136. The van der Waals surface area contributed by atoms with Crippen molar-refractivity contribution in [2.75, 3.05) is 18.6 Å². The molecule has 114 valence electrons. The predicted molar refractivity (Wildman–Crippen MR) is 91.5 cm³/mol. The average molecular weight is 360 g/mol. The van der Waals surface area contributed by atoms with Gasteiger partial charge in [0.2, 0.25) is 5.91 Å². The van der Waals surface area contributed by atoms with Crippen LogP contribution in [0.25, 0.3) is 0 Å². The summed E-state index contributed by atoms with van der Waals surface area (Å²) < 4.78 is 6.28. The molecule has 0 aliphatic carbocycles. The van der Waals surface area contributed by atoms with Crippen LogP contribution in [0.3, 0.4) is 0 Å². The van der Waals surface area contributed by atoms with E-state index in [4.69, 9.17) is 4.74 Å². The number of anilines is 1. The first kappa shape index (κ1) is 15.1. The quantitative estimate of drug-likeness (QED) is 0.829. The van der Waals surface area contributed by atoms with Gasteiger partial charge in [-0.2, -0.15) is 0 Å². The van der Waals surface area contributed by atoms with Gasteiger partial charge in [-0.15, -0.1) is 0 Å². The van der Waals surface area contributed by atoms with Crippen molar-refractivity contribution in [3.8, 4) is 5.75 Å². The smallest absolute Gasteiger partial charge is 0.231 e. The van der Waals surface area contributed by atoms with E-state index in [1.807, 2.05) is 41.3 Å². The third kappa shape index (κ3) is 3.17. The molecule has 1 aliphatic rings. The summed E-state index contributed by atoms with van der Waals surface area (Å²) in [5.41, 5.74) is 3.26. The Morgan fingerprint density at radius 3 is 2.95 bits per heavy atom. The fourth-order valence-corrected chi connectivity index (χ4v) is 3.29. The van der Waals surface area contributed by atoms with E-state index >= 15 is 0 Å². The van der Waals surface area contributed by atoms with E-state index in [9.17, 15) is 4.79 Å². The average Bonchev–Trinajstić information content (AvgIpc) is 2.54. The van der Waals surface area contributed by atoms with Crippen LogP contribution in [0.15, 0.2) is 46.9 Å². The normalized spacial score (nSPS) is 13.6. The molecule has 2 aromatic carbocycles. The maximum absolute atomic E-state index is 12.7. The van der Waals surface area contributed by atoms with Gasteiger partial charge in [0.1, 0.15) is 5.75 Å². The van der Waals surface area contributed by atoms with E-state index in [-0.39, 0.29) is 5.91 Å². The van der Waals surface area contributed by atoms with E-state index in [0.29, 0.717) is 6.42 Å². The van der Waals surface area contributed by atoms with Crippen molar-refractivity contribution >= 4 is 27.5 Å². The molecule has 0 unspecified atom stereocenters. The number of amides is 1. The zero-order valence-electron chi connectivity index (χ0n) is 12.5. The van der Waals surface area contributed by atoms with Crippen molar-refractivity contribution in [1.29, 1.82) is 0 Å². The molecule has 1 heterocycles. The third-order valence-electron chi connectivity index (χ3n) is 3.95. The largest absolute Gasteiger partial charge is 0.497 e. The van der Waals surface area contributed by atoms with E-state index in [0.717, 1.165) is 40.9 Å². The molecule has 0 saturated carbocycles. The molecule has 3 nitrogen and oxygen atoms in total. The van der Waals surface area contributed by atoms with Crippen LogP contribution < -0.4 is 9.64 Å². The minimum Gasteiger partial charge on any atom is -0.497 e. The van der Waals surface area contributed by atoms with Crippen molar-refractivity contribution < 1.29 is 9.53 Å². The number of fused-ring (bicyclic) bond motifs is 1. The van der Waals surface area contributed by atoms with Crippen LogP contribution in [0.1, 0.15) is 17.5 Å². The topological polar surface area (TPSA) is 29.5 Å². The summed E-state index contributed by atoms with van der Waals surface area (Å²) in [4.78, 5) is 14.6. The van der Waals surface area contributed by atoms with Crippen LogP contribution >= 0.6 is 15.9 Å². The molecule has 0 fully saturated rings. The van der Waals surface area contributed by atoms with Crippen LogP contribution in [0.5, 0.6) is 5.75 Å². The van der Waals surface area contributed by atoms with Gasteiger partial charge >= 0.3 is 0 Å². The van der Waals surface area contributed by atoms with Gasteiger partial charge in [0, 0.05) is 16.7 Å². The molecular formula is C18H18BrNO2. The Kier molecular flexibility index (Phi) is 4.48. The van der Waals surface area contributed by atoms with Gasteiger partial charge in [-0.3, -0.25) is 4.79 Å². The van der Waals surface area contributed by atoms with Gasteiger partial charge in [-0.05, 0) is 54.3 Å². The Balaban J connectivity index is 1.81. The van der Waals surface area contributed by atoms with Gasteiger partial charge in [0.05, 0.1) is 13.5 Å². The number of carbonyl (C=O) groups excluding carboxylic acids is 1. The standard InChI is InChI=1S/C18H18BrNO2/c1-22-16-6-2-4-13(10-16)11-18(21)20-9-3-5-14-12-15(19)7-8-17(14)20/h2,4,6-8,10,12H,3,5,9,11H2,1H3. The number of ether oxygens (including phenoxy) is 1. The van der Waals surface area contributed by atoms with E-state index < -0.39 is 0 Å². The highest BCUT2D eigenvalue weighted by molar-refractivity contribution is 9.10. The number of hydrogen-bond acceptors (Lipinski definition) is 2. The maximum atomic E-state index is 12.7. The Hall–Kier alpha value is -1.81. The summed E-state index contributed by atoms with van der Waals surface area (Å²) in [5.74, 6) is 0.921. The molecule has 0 N–H and O–H groups in total. The fraction of sp³-hybridized carbons (Fsp3) is 0.278. The summed E-state index contributed by atoms with van der Waals surface area (Å²) in [7, 11) is 1.64. The summed E-state index contributed by atoms with van der Waals surface area (Å²) in [5, 5.41) is 0. The van der Waals surface area contributed by atoms with Crippen molar-refractivity contribution in [2.24, 2.45) is 0 Å². The highest BCUT2D eigenvalue weighted by Crippen LogP contribution is 2.30. The second-order valence-corrected chi connectivity index (χ2v) is 6.37. The molecular weight excluding hydrogens is 342 g/mol. The van der Waals surface area contributed by atoms with Gasteiger partial charge in [0.15, 0.2) is 0 Å². The number of nitrogens with zero attached hydrogens (tertiary/aromatic N) is 1. The number of hydrogen-bond donors (Lipinski definition) is 0. The molecule has 2 aromatic rings. The number of carbonyl (C=O) groups is 1. The van der Waals surface area contributed by atoms with Crippen LogP contribution in [-0.2, 0) is 17.6 Å². The Labute approximate surface area is 139 Å². The van der Waals surface area contributed by atoms with E-state index in [1.54, 1.807) is 7.11 Å². The zero-order valence-corrected chi connectivity index (χ0v) is 14.1. The molecule has 0 atom stereocenters. The molecule has 1 aliphatic heterocycles. The Morgan fingerprint density at radius 2 is 2.14 bits per heavy atom. The van der Waals surface area contributed by atoms with Gasteiger partial charge in [0.25, 0.3) is 0 Å². The van der Waals surface area contributed by atoms with Gasteiger partial charge in [-0.1, -0.05) is 28.1 Å². The lowest BCUT2D eigenvalue weighted by atomic mass is 10.0. The second kappa shape index (κ2) is 6.53. The zero-order chi connectivity index (χ0) is 15.5. The molecule has 22 heavy (non-hydrogen) atoms. The lowest BCUT2D eigenvalue weighted by Gasteiger charge is -2.29. The number of methoxy groups -OCH3 is 1. The molecule has 4 heteroatoms. The number of benzene rings is 2. The van der Waals surface area contributed by atoms with Crippen molar-refractivity contribution in [2.45, 2.75) is 19.3 Å². The number of aryl methyl sites for hydroxylation is 1. The van der Waals surface area contributed by atoms with Crippen molar-refractivity contribution in [3.05, 3.63) is 58.1 Å². The monoisotopic (exact) mass is 359 g/mol. The van der Waals surface area contributed by atoms with Gasteiger partial charge < -0.3 is 9.64 Å². The molecule has 0 spiro atoms. The van der Waals surface area contributed by atoms with E-state index in [2.05, 4.69) is 22.0 Å². The summed E-state index contributed by atoms with van der Waals surface area (Å²) in [6.45, 7) is 0.789. The van der Waals surface area contributed by atoms with Crippen LogP contribution in [0, 0.1) is 0 Å². The van der Waals surface area contributed by atoms with E-state index in [1.165, 1.54) is 5.56 Å². The maximum Gasteiger partial charge on any atom is 0.231 e. The molecule has 1 amide bonds. The first-order chi connectivity index (χ1) is 10.7.